The minimum atomic E-state index is 0.133. The third kappa shape index (κ3) is 3.52. The van der Waals surface area contributed by atoms with Crippen molar-refractivity contribution in [2.24, 2.45) is 5.92 Å². The molecule has 1 saturated carbocycles. The maximum absolute atomic E-state index is 12.8. The zero-order valence-corrected chi connectivity index (χ0v) is 13.8. The summed E-state index contributed by atoms with van der Waals surface area (Å²) < 4.78 is 5.72. The number of piperidine rings is 1. The van der Waals surface area contributed by atoms with Gasteiger partial charge in [-0.05, 0) is 58.2 Å². The van der Waals surface area contributed by atoms with Gasteiger partial charge in [-0.1, -0.05) is 18.6 Å². The second-order valence-corrected chi connectivity index (χ2v) is 6.98. The molecular weight excluding hydrogens is 274 g/mol. The molecule has 1 saturated heterocycles. The summed E-state index contributed by atoms with van der Waals surface area (Å²) in [5.41, 5.74) is 0.804. The van der Waals surface area contributed by atoms with E-state index in [1.54, 1.807) is 0 Å². The summed E-state index contributed by atoms with van der Waals surface area (Å²) >= 11 is 0. The Morgan fingerprint density at radius 2 is 2.05 bits per heavy atom. The number of hydrogen-bond donors (Lipinski definition) is 0. The fourth-order valence-corrected chi connectivity index (χ4v) is 3.53. The summed E-state index contributed by atoms with van der Waals surface area (Å²) in [6.45, 7) is 6.13. The zero-order valence-electron chi connectivity index (χ0n) is 13.8. The summed E-state index contributed by atoms with van der Waals surface area (Å²) in [6, 6.07) is 8.43. The molecule has 1 atom stereocenters. The van der Waals surface area contributed by atoms with Crippen molar-refractivity contribution in [3.05, 3.63) is 29.8 Å². The number of ketones is 1. The Hall–Kier alpha value is -1.35. The lowest BCUT2D eigenvalue weighted by atomic mass is 9.85. The van der Waals surface area contributed by atoms with E-state index < -0.39 is 0 Å². The molecule has 1 heterocycles. The summed E-state index contributed by atoms with van der Waals surface area (Å²) in [4.78, 5) is 15.4. The van der Waals surface area contributed by atoms with Gasteiger partial charge in [-0.15, -0.1) is 0 Å². The number of likely N-dealkylation sites (tertiary alicyclic amines) is 1. The number of rotatable bonds is 5. The van der Waals surface area contributed by atoms with E-state index in [0.29, 0.717) is 5.78 Å². The predicted molar refractivity (Wildman–Crippen MR) is 88.5 cm³/mol. The van der Waals surface area contributed by atoms with Gasteiger partial charge in [0.2, 0.25) is 0 Å². The highest BCUT2D eigenvalue weighted by atomic mass is 16.5. The molecule has 1 aliphatic heterocycles. The minimum Gasteiger partial charge on any atom is -0.491 e. The molecule has 1 aliphatic carbocycles. The van der Waals surface area contributed by atoms with Crippen molar-refractivity contribution < 1.29 is 9.53 Å². The fraction of sp³-hybridized carbons (Fsp3) is 0.632. The Kier molecular flexibility index (Phi) is 4.82. The van der Waals surface area contributed by atoms with Gasteiger partial charge in [0.05, 0.1) is 6.10 Å². The molecular formula is C19H27NO2. The van der Waals surface area contributed by atoms with Gasteiger partial charge in [0, 0.05) is 24.1 Å². The van der Waals surface area contributed by atoms with Gasteiger partial charge in [0.15, 0.2) is 5.78 Å². The molecule has 3 nitrogen and oxygen atoms in total. The Balaban J connectivity index is 1.67. The van der Waals surface area contributed by atoms with Crippen LogP contribution in [0.2, 0.25) is 0 Å². The summed E-state index contributed by atoms with van der Waals surface area (Å²) in [6.07, 6.45) is 6.30. The van der Waals surface area contributed by atoms with Gasteiger partial charge >= 0.3 is 0 Å². The van der Waals surface area contributed by atoms with E-state index in [-0.39, 0.29) is 12.0 Å². The number of nitrogens with zero attached hydrogens (tertiary/aromatic N) is 1. The van der Waals surface area contributed by atoms with Crippen LogP contribution in [-0.4, -0.2) is 35.9 Å². The standard InChI is InChI=1S/C19H27NO2/c1-14(2)22-18-10-3-6-15(12-18)19(21)16-7-5-11-20(13-16)17-8-4-9-17/h3,6,10,12,14,16-17H,4-5,7-9,11,13H2,1-2H3/t16-/m1/s1. The number of carbonyl (C=O) groups excluding carboxylic acids is 1. The molecule has 0 aromatic heterocycles. The van der Waals surface area contributed by atoms with E-state index in [1.807, 2.05) is 38.1 Å². The highest BCUT2D eigenvalue weighted by Gasteiger charge is 2.32. The number of carbonyl (C=O) groups is 1. The van der Waals surface area contributed by atoms with Crippen LogP contribution in [0.5, 0.6) is 5.75 Å². The first kappa shape index (κ1) is 15.5. The number of ether oxygens (including phenoxy) is 1. The topological polar surface area (TPSA) is 29.5 Å². The quantitative estimate of drug-likeness (QED) is 0.772. The van der Waals surface area contributed by atoms with Crippen molar-refractivity contribution in [1.82, 2.24) is 4.90 Å². The molecule has 0 unspecified atom stereocenters. The van der Waals surface area contributed by atoms with Crippen LogP contribution in [0.25, 0.3) is 0 Å². The van der Waals surface area contributed by atoms with Crippen LogP contribution < -0.4 is 4.74 Å². The van der Waals surface area contributed by atoms with Crippen LogP contribution in [0, 0.1) is 5.92 Å². The molecule has 2 fully saturated rings. The SMILES string of the molecule is CC(C)Oc1cccc(C(=O)[C@@H]2CCCN(C3CCC3)C2)c1. The lowest BCUT2D eigenvalue weighted by Gasteiger charge is -2.42. The first-order valence-electron chi connectivity index (χ1n) is 8.68. The molecule has 0 amide bonds. The average Bonchev–Trinajstić information content (AvgIpc) is 2.44. The molecule has 1 aromatic carbocycles. The monoisotopic (exact) mass is 301 g/mol. The molecule has 0 bridgehead atoms. The van der Waals surface area contributed by atoms with E-state index in [2.05, 4.69) is 4.90 Å². The first-order chi connectivity index (χ1) is 10.6. The average molecular weight is 301 g/mol. The van der Waals surface area contributed by atoms with E-state index in [0.717, 1.165) is 36.7 Å². The zero-order chi connectivity index (χ0) is 15.5. The van der Waals surface area contributed by atoms with Gasteiger partial charge in [-0.25, -0.2) is 0 Å². The summed E-state index contributed by atoms with van der Waals surface area (Å²) in [5.74, 6) is 1.24. The molecule has 2 aliphatic rings. The third-order valence-corrected chi connectivity index (χ3v) is 4.91. The minimum absolute atomic E-state index is 0.133. The molecule has 22 heavy (non-hydrogen) atoms. The van der Waals surface area contributed by atoms with E-state index >= 15 is 0 Å². The van der Waals surface area contributed by atoms with Crippen molar-refractivity contribution in [1.29, 1.82) is 0 Å². The largest absolute Gasteiger partial charge is 0.491 e. The van der Waals surface area contributed by atoms with Crippen LogP contribution in [0.4, 0.5) is 0 Å². The van der Waals surface area contributed by atoms with Crippen molar-refractivity contribution >= 4 is 5.78 Å². The van der Waals surface area contributed by atoms with Crippen molar-refractivity contribution in [2.75, 3.05) is 13.1 Å². The maximum Gasteiger partial charge on any atom is 0.167 e. The Bertz CT molecular complexity index is 522. The van der Waals surface area contributed by atoms with Crippen LogP contribution in [0.15, 0.2) is 24.3 Å². The van der Waals surface area contributed by atoms with Crippen molar-refractivity contribution in [3.63, 3.8) is 0 Å². The third-order valence-electron chi connectivity index (χ3n) is 4.91. The first-order valence-corrected chi connectivity index (χ1v) is 8.68. The number of hydrogen-bond acceptors (Lipinski definition) is 3. The number of benzene rings is 1. The van der Waals surface area contributed by atoms with Gasteiger partial charge in [-0.2, -0.15) is 0 Å². The highest BCUT2D eigenvalue weighted by molar-refractivity contribution is 5.98. The van der Waals surface area contributed by atoms with Gasteiger partial charge in [0.25, 0.3) is 0 Å². The Morgan fingerprint density at radius 3 is 2.73 bits per heavy atom. The van der Waals surface area contributed by atoms with Crippen LogP contribution >= 0.6 is 0 Å². The van der Waals surface area contributed by atoms with Crippen LogP contribution in [0.1, 0.15) is 56.3 Å². The molecule has 0 spiro atoms. The molecule has 120 valence electrons. The van der Waals surface area contributed by atoms with Gasteiger partial charge in [-0.3, -0.25) is 9.69 Å². The van der Waals surface area contributed by atoms with Crippen molar-refractivity contribution in [3.8, 4) is 5.75 Å². The van der Waals surface area contributed by atoms with Crippen LogP contribution in [-0.2, 0) is 0 Å². The molecule has 0 radical (unpaired) electrons. The smallest absolute Gasteiger partial charge is 0.167 e. The second kappa shape index (κ2) is 6.82. The molecule has 3 heteroatoms. The second-order valence-electron chi connectivity index (χ2n) is 6.98. The van der Waals surface area contributed by atoms with E-state index in [9.17, 15) is 4.79 Å². The summed E-state index contributed by atoms with van der Waals surface area (Å²) in [5, 5.41) is 0. The van der Waals surface area contributed by atoms with Crippen LogP contribution in [0.3, 0.4) is 0 Å². The normalized spacial score (nSPS) is 23.3. The molecule has 0 N–H and O–H groups in total. The Morgan fingerprint density at radius 1 is 1.23 bits per heavy atom. The van der Waals surface area contributed by atoms with Gasteiger partial charge < -0.3 is 4.74 Å². The maximum atomic E-state index is 12.8. The van der Waals surface area contributed by atoms with E-state index in [4.69, 9.17) is 4.74 Å². The number of Topliss-reactive ketones (excluding diaryl/α,β-unsaturated/α-hetero) is 1. The summed E-state index contributed by atoms with van der Waals surface area (Å²) in [7, 11) is 0. The fourth-order valence-electron chi connectivity index (χ4n) is 3.53. The predicted octanol–water partition coefficient (Wildman–Crippen LogP) is 3.92. The lowest BCUT2D eigenvalue weighted by molar-refractivity contribution is 0.0612. The molecule has 1 aromatic rings. The Labute approximate surface area is 133 Å². The lowest BCUT2D eigenvalue weighted by Crippen LogP contribution is -2.47. The molecule has 3 rings (SSSR count). The van der Waals surface area contributed by atoms with Crippen molar-refractivity contribution in [2.45, 2.75) is 58.1 Å². The highest BCUT2D eigenvalue weighted by Crippen LogP contribution is 2.30. The van der Waals surface area contributed by atoms with E-state index in [1.165, 1.54) is 25.8 Å². The van der Waals surface area contributed by atoms with Gasteiger partial charge in [0.1, 0.15) is 5.75 Å².